The summed E-state index contributed by atoms with van der Waals surface area (Å²) in [5.41, 5.74) is 1.30. The molecule has 34 heavy (non-hydrogen) atoms. The summed E-state index contributed by atoms with van der Waals surface area (Å²) in [6.45, 7) is 0. The van der Waals surface area contributed by atoms with Crippen molar-refractivity contribution in [3.8, 4) is 0 Å². The summed E-state index contributed by atoms with van der Waals surface area (Å²) in [6, 6.07) is 11.1. The number of ether oxygens (including phenoxy) is 2. The van der Waals surface area contributed by atoms with Gasteiger partial charge in [-0.3, -0.25) is 9.59 Å². The Morgan fingerprint density at radius 2 is 1.50 bits per heavy atom. The van der Waals surface area contributed by atoms with Gasteiger partial charge in [-0.15, -0.1) is 0 Å². The molecule has 0 spiro atoms. The molecule has 4 N–H and O–H groups in total. The van der Waals surface area contributed by atoms with Gasteiger partial charge in [0.05, 0.1) is 26.2 Å². The van der Waals surface area contributed by atoms with Crippen molar-refractivity contribution in [1.29, 1.82) is 0 Å². The number of carbonyl (C=O) groups is 5. The number of rotatable bonds is 10. The van der Waals surface area contributed by atoms with Gasteiger partial charge in [0.15, 0.2) is 0 Å². The van der Waals surface area contributed by atoms with Gasteiger partial charge in [0.25, 0.3) is 0 Å². The largest absolute Gasteiger partial charge is 0.481 e. The molecule has 0 saturated carbocycles. The molecule has 180 valence electrons. The maximum absolute atomic E-state index is 12.8. The van der Waals surface area contributed by atoms with E-state index in [0.717, 1.165) is 5.56 Å². The third kappa shape index (κ3) is 7.93. The van der Waals surface area contributed by atoms with E-state index in [9.17, 15) is 29.1 Å². The average Bonchev–Trinajstić information content (AvgIpc) is 2.83. The molecule has 0 fully saturated rings. The maximum atomic E-state index is 12.8. The highest BCUT2D eigenvalue weighted by Crippen LogP contribution is 2.11. The van der Waals surface area contributed by atoms with Gasteiger partial charge < -0.3 is 30.5 Å². The number of aliphatic carboxylic acids is 1. The molecule has 0 bridgehead atoms. The lowest BCUT2D eigenvalue weighted by Crippen LogP contribution is -2.53. The number of nitrogens with one attached hydrogen (secondary N) is 3. The molecule has 0 aromatic heterocycles. The average molecular weight is 471 g/mol. The first kappa shape index (κ1) is 25.8. The zero-order valence-electron chi connectivity index (χ0n) is 18.6. The predicted molar refractivity (Wildman–Crippen MR) is 120 cm³/mol. The highest BCUT2D eigenvalue weighted by Gasteiger charge is 2.29. The van der Waals surface area contributed by atoms with Gasteiger partial charge in [0.2, 0.25) is 5.91 Å². The second kappa shape index (κ2) is 12.6. The normalized spacial score (nSPS) is 11.9. The summed E-state index contributed by atoms with van der Waals surface area (Å²) < 4.78 is 9.33. The lowest BCUT2D eigenvalue weighted by atomic mass is 10.1. The number of hydrogen-bond donors (Lipinski definition) is 4. The van der Waals surface area contributed by atoms with Crippen molar-refractivity contribution in [2.75, 3.05) is 19.5 Å². The standard InChI is InChI=1S/C23H25N3O8/c1-33-21(30)15-8-10-16(11-9-15)24-23(32)26-17(13-19(27)28)20(29)25-18(22(31)34-2)12-14-6-4-3-5-7-14/h3-11,17-18H,12-13H2,1-2H3,(H,25,29)(H,27,28)(H2,24,26,32). The molecule has 0 aliphatic rings. The van der Waals surface area contributed by atoms with E-state index in [-0.39, 0.29) is 17.7 Å². The highest BCUT2D eigenvalue weighted by molar-refractivity contribution is 5.97. The van der Waals surface area contributed by atoms with Gasteiger partial charge in [-0.05, 0) is 29.8 Å². The number of hydrogen-bond acceptors (Lipinski definition) is 7. The van der Waals surface area contributed by atoms with Gasteiger partial charge in [-0.2, -0.15) is 0 Å². The van der Waals surface area contributed by atoms with Gasteiger partial charge in [-0.25, -0.2) is 14.4 Å². The van der Waals surface area contributed by atoms with Crippen LogP contribution in [0, 0.1) is 0 Å². The monoisotopic (exact) mass is 471 g/mol. The minimum Gasteiger partial charge on any atom is -0.481 e. The van der Waals surface area contributed by atoms with Crippen molar-refractivity contribution >= 4 is 35.5 Å². The van der Waals surface area contributed by atoms with Crippen LogP contribution >= 0.6 is 0 Å². The summed E-state index contributed by atoms with van der Waals surface area (Å²) >= 11 is 0. The Labute approximate surface area is 195 Å². The second-order valence-corrected chi connectivity index (χ2v) is 7.09. The van der Waals surface area contributed by atoms with Crippen molar-refractivity contribution in [3.05, 3.63) is 65.7 Å². The Kier molecular flexibility index (Phi) is 9.56. The van der Waals surface area contributed by atoms with E-state index in [0.29, 0.717) is 0 Å². The fourth-order valence-electron chi connectivity index (χ4n) is 2.97. The Bertz CT molecular complexity index is 1020. The van der Waals surface area contributed by atoms with Crippen LogP contribution in [0.25, 0.3) is 0 Å². The van der Waals surface area contributed by atoms with E-state index >= 15 is 0 Å². The van der Waals surface area contributed by atoms with Crippen molar-refractivity contribution in [2.45, 2.75) is 24.9 Å². The van der Waals surface area contributed by atoms with E-state index in [1.54, 1.807) is 30.3 Å². The topological polar surface area (TPSA) is 160 Å². The molecule has 0 aliphatic heterocycles. The van der Waals surface area contributed by atoms with Crippen LogP contribution in [0.5, 0.6) is 0 Å². The van der Waals surface area contributed by atoms with Gasteiger partial charge in [-0.1, -0.05) is 30.3 Å². The lowest BCUT2D eigenvalue weighted by Gasteiger charge is -2.21. The molecule has 11 nitrogen and oxygen atoms in total. The van der Waals surface area contributed by atoms with E-state index in [1.165, 1.54) is 38.5 Å². The van der Waals surface area contributed by atoms with Crippen molar-refractivity contribution in [3.63, 3.8) is 0 Å². The zero-order valence-corrected chi connectivity index (χ0v) is 18.6. The first-order valence-corrected chi connectivity index (χ1v) is 10.1. The Morgan fingerprint density at radius 3 is 2.06 bits per heavy atom. The SMILES string of the molecule is COC(=O)c1ccc(NC(=O)NC(CC(=O)O)C(=O)NC(Cc2ccccc2)C(=O)OC)cc1. The zero-order chi connectivity index (χ0) is 25.1. The maximum Gasteiger partial charge on any atom is 0.337 e. The fraction of sp³-hybridized carbons (Fsp3) is 0.261. The molecular formula is C23H25N3O8. The number of carbonyl (C=O) groups excluding carboxylic acids is 4. The number of amides is 3. The number of urea groups is 1. The van der Waals surface area contributed by atoms with Crippen LogP contribution in [0.15, 0.2) is 54.6 Å². The van der Waals surface area contributed by atoms with Crippen molar-refractivity contribution < 1.29 is 38.6 Å². The third-order valence-corrected chi connectivity index (χ3v) is 4.65. The smallest absolute Gasteiger partial charge is 0.337 e. The third-order valence-electron chi connectivity index (χ3n) is 4.65. The summed E-state index contributed by atoms with van der Waals surface area (Å²) in [5.74, 6) is -3.48. The minimum absolute atomic E-state index is 0.109. The number of anilines is 1. The molecule has 3 amide bonds. The van der Waals surface area contributed by atoms with Crippen molar-refractivity contribution in [1.82, 2.24) is 10.6 Å². The predicted octanol–water partition coefficient (Wildman–Crippen LogP) is 1.34. The number of esters is 2. The molecule has 0 saturated heterocycles. The quantitative estimate of drug-likeness (QED) is 0.378. The van der Waals surface area contributed by atoms with E-state index in [1.807, 2.05) is 0 Å². The van der Waals surface area contributed by atoms with Crippen LogP contribution in [0.3, 0.4) is 0 Å². The first-order valence-electron chi connectivity index (χ1n) is 10.1. The molecule has 0 radical (unpaired) electrons. The number of carboxylic acids is 1. The van der Waals surface area contributed by atoms with Crippen LogP contribution in [0.4, 0.5) is 10.5 Å². The molecule has 2 unspecified atom stereocenters. The number of benzene rings is 2. The van der Waals surface area contributed by atoms with E-state index in [2.05, 4.69) is 20.7 Å². The molecule has 2 rings (SSSR count). The molecule has 2 aromatic rings. The van der Waals surface area contributed by atoms with Crippen LogP contribution in [0.2, 0.25) is 0 Å². The number of methoxy groups -OCH3 is 2. The summed E-state index contributed by atoms with van der Waals surface area (Å²) in [6.07, 6.45) is -0.614. The van der Waals surface area contributed by atoms with Crippen LogP contribution in [0.1, 0.15) is 22.3 Å². The summed E-state index contributed by atoms with van der Waals surface area (Å²) in [5, 5.41) is 16.4. The molecular weight excluding hydrogens is 446 g/mol. The first-order chi connectivity index (χ1) is 16.2. The Balaban J connectivity index is 2.08. The molecule has 2 aromatic carbocycles. The Hall–Kier alpha value is -4.41. The fourth-order valence-corrected chi connectivity index (χ4v) is 2.97. The highest BCUT2D eigenvalue weighted by atomic mass is 16.5. The summed E-state index contributed by atoms with van der Waals surface area (Å²) in [4.78, 5) is 60.1. The van der Waals surface area contributed by atoms with Crippen molar-refractivity contribution in [2.24, 2.45) is 0 Å². The van der Waals surface area contributed by atoms with Gasteiger partial charge >= 0.3 is 23.9 Å². The second-order valence-electron chi connectivity index (χ2n) is 7.09. The summed E-state index contributed by atoms with van der Waals surface area (Å²) in [7, 11) is 2.40. The lowest BCUT2D eigenvalue weighted by molar-refractivity contribution is -0.145. The van der Waals surface area contributed by atoms with Gasteiger partial charge in [0.1, 0.15) is 12.1 Å². The number of carboxylic acid groups (broad SMARTS) is 1. The molecule has 2 atom stereocenters. The Morgan fingerprint density at radius 1 is 0.853 bits per heavy atom. The van der Waals surface area contributed by atoms with Gasteiger partial charge in [0, 0.05) is 12.1 Å². The van der Waals surface area contributed by atoms with Crippen LogP contribution < -0.4 is 16.0 Å². The van der Waals surface area contributed by atoms with Crippen LogP contribution in [-0.2, 0) is 30.3 Å². The molecule has 0 aliphatic carbocycles. The molecule has 11 heteroatoms. The molecule has 0 heterocycles. The van der Waals surface area contributed by atoms with E-state index < -0.39 is 48.4 Å². The van der Waals surface area contributed by atoms with E-state index in [4.69, 9.17) is 4.74 Å². The minimum atomic E-state index is -1.48. The van der Waals surface area contributed by atoms with Crippen LogP contribution in [-0.4, -0.2) is 61.3 Å².